The topological polar surface area (TPSA) is 86.7 Å². The summed E-state index contributed by atoms with van der Waals surface area (Å²) in [4.78, 5) is 11.0. The van der Waals surface area contributed by atoms with Crippen LogP contribution in [0.15, 0.2) is 0 Å². The molecule has 0 amide bonds. The Hall–Kier alpha value is -0.660. The van der Waals surface area contributed by atoms with Gasteiger partial charge in [-0.1, -0.05) is 12.8 Å². The zero-order valence-electron chi connectivity index (χ0n) is 9.63. The van der Waals surface area contributed by atoms with Crippen LogP contribution in [-0.4, -0.2) is 42.4 Å². The van der Waals surface area contributed by atoms with E-state index in [0.29, 0.717) is 19.4 Å². The van der Waals surface area contributed by atoms with E-state index in [0.717, 1.165) is 30.0 Å². The molecule has 1 unspecified atom stereocenters. The summed E-state index contributed by atoms with van der Waals surface area (Å²) in [5.41, 5.74) is 0. The summed E-state index contributed by atoms with van der Waals surface area (Å²) < 4.78 is 27.8. The van der Waals surface area contributed by atoms with Crippen LogP contribution >= 0.6 is 0 Å². The molecule has 0 radical (unpaired) electrons. The van der Waals surface area contributed by atoms with Gasteiger partial charge < -0.3 is 5.11 Å². The molecule has 0 aromatic heterocycles. The molecule has 7 heteroatoms. The Bertz CT molecular complexity index is 389. The maximum Gasteiger partial charge on any atom is 0.322 e. The quantitative estimate of drug-likeness (QED) is 0.763. The van der Waals surface area contributed by atoms with Gasteiger partial charge >= 0.3 is 5.97 Å². The molecule has 1 aliphatic carbocycles. The fraction of sp³-hybridized carbons (Fsp3) is 0.900. The van der Waals surface area contributed by atoms with Gasteiger partial charge in [0.25, 0.3) is 10.2 Å². The minimum atomic E-state index is -3.64. The third-order valence-electron chi connectivity index (χ3n) is 3.47. The lowest BCUT2D eigenvalue weighted by molar-refractivity contribution is -0.140. The van der Waals surface area contributed by atoms with Crippen molar-refractivity contribution in [1.29, 1.82) is 0 Å². The van der Waals surface area contributed by atoms with E-state index in [9.17, 15) is 13.2 Å². The number of carbonyl (C=O) groups is 1. The van der Waals surface area contributed by atoms with Crippen molar-refractivity contribution in [1.82, 2.24) is 9.03 Å². The van der Waals surface area contributed by atoms with Crippen molar-refractivity contribution in [3.8, 4) is 0 Å². The van der Waals surface area contributed by atoms with Crippen LogP contribution in [0.1, 0.15) is 38.5 Å². The lowest BCUT2D eigenvalue weighted by atomic mass is 10.2. The van der Waals surface area contributed by atoms with E-state index >= 15 is 0 Å². The number of carboxylic acids is 1. The molecule has 6 nitrogen and oxygen atoms in total. The van der Waals surface area contributed by atoms with E-state index in [4.69, 9.17) is 5.11 Å². The van der Waals surface area contributed by atoms with Crippen molar-refractivity contribution in [2.75, 3.05) is 6.54 Å². The van der Waals surface area contributed by atoms with Crippen LogP contribution in [0.4, 0.5) is 0 Å². The summed E-state index contributed by atoms with van der Waals surface area (Å²) in [7, 11) is -3.64. The maximum atomic E-state index is 12.1. The fourth-order valence-corrected chi connectivity index (χ4v) is 4.29. The van der Waals surface area contributed by atoms with Gasteiger partial charge in [0, 0.05) is 12.6 Å². The van der Waals surface area contributed by atoms with Crippen molar-refractivity contribution in [2.24, 2.45) is 0 Å². The number of hydrogen-bond donors (Lipinski definition) is 2. The first kappa shape index (κ1) is 12.8. The molecular formula is C10H18N2O4S. The minimum absolute atomic E-state index is 0.0185. The summed E-state index contributed by atoms with van der Waals surface area (Å²) >= 11 is 0. The minimum Gasteiger partial charge on any atom is -0.480 e. The predicted molar refractivity (Wildman–Crippen MR) is 61.7 cm³/mol. The first-order valence-electron chi connectivity index (χ1n) is 6.02. The van der Waals surface area contributed by atoms with Gasteiger partial charge in [0.15, 0.2) is 0 Å². The normalized spacial score (nSPS) is 27.6. The number of carboxylic acid groups (broad SMARTS) is 1. The maximum absolute atomic E-state index is 12.1. The Morgan fingerprint density at radius 3 is 2.41 bits per heavy atom. The molecule has 2 aliphatic rings. The second kappa shape index (κ2) is 4.91. The molecule has 2 rings (SSSR count). The Balaban J connectivity index is 2.06. The van der Waals surface area contributed by atoms with E-state index in [2.05, 4.69) is 4.72 Å². The zero-order valence-corrected chi connectivity index (χ0v) is 10.4. The van der Waals surface area contributed by atoms with Crippen molar-refractivity contribution < 1.29 is 18.3 Å². The molecule has 2 N–H and O–H groups in total. The van der Waals surface area contributed by atoms with Crippen LogP contribution in [0.5, 0.6) is 0 Å². The standard InChI is InChI=1S/C10H18N2O4S/c13-10(14)9-6-3-7-12(9)17(15,16)11-8-4-1-2-5-8/h8-9,11H,1-7H2,(H,13,14). The number of rotatable bonds is 4. The van der Waals surface area contributed by atoms with Gasteiger partial charge in [0.2, 0.25) is 0 Å². The molecule has 1 saturated carbocycles. The van der Waals surface area contributed by atoms with Gasteiger partial charge in [-0.05, 0) is 25.7 Å². The number of nitrogens with one attached hydrogen (secondary N) is 1. The average Bonchev–Trinajstić information content (AvgIpc) is 2.84. The number of aliphatic carboxylic acids is 1. The summed E-state index contributed by atoms with van der Waals surface area (Å²) in [6.07, 6.45) is 4.80. The summed E-state index contributed by atoms with van der Waals surface area (Å²) in [5.74, 6) is -1.06. The lowest BCUT2D eigenvalue weighted by Gasteiger charge is -2.23. The largest absolute Gasteiger partial charge is 0.480 e. The number of hydrogen-bond acceptors (Lipinski definition) is 3. The molecule has 2 fully saturated rings. The van der Waals surface area contributed by atoms with E-state index < -0.39 is 22.2 Å². The van der Waals surface area contributed by atoms with Crippen LogP contribution in [0.25, 0.3) is 0 Å². The fourth-order valence-electron chi connectivity index (χ4n) is 2.60. The predicted octanol–water partition coefficient (Wildman–Crippen LogP) is 0.312. The molecule has 1 aliphatic heterocycles. The first-order chi connectivity index (χ1) is 8.00. The molecule has 0 aromatic rings. The van der Waals surface area contributed by atoms with Crippen LogP contribution in [0.2, 0.25) is 0 Å². The molecule has 0 aromatic carbocycles. The van der Waals surface area contributed by atoms with Crippen molar-refractivity contribution >= 4 is 16.2 Å². The molecule has 1 saturated heterocycles. The van der Waals surface area contributed by atoms with Gasteiger partial charge in [0.1, 0.15) is 6.04 Å². The van der Waals surface area contributed by atoms with E-state index in [1.165, 1.54) is 0 Å². The van der Waals surface area contributed by atoms with Crippen LogP contribution < -0.4 is 4.72 Å². The smallest absolute Gasteiger partial charge is 0.322 e. The first-order valence-corrected chi connectivity index (χ1v) is 7.46. The molecule has 17 heavy (non-hydrogen) atoms. The molecule has 0 bridgehead atoms. The highest BCUT2D eigenvalue weighted by atomic mass is 32.2. The summed E-state index contributed by atoms with van der Waals surface area (Å²) in [6, 6.07) is -0.913. The third kappa shape index (κ3) is 2.78. The monoisotopic (exact) mass is 262 g/mol. The highest BCUT2D eigenvalue weighted by molar-refractivity contribution is 7.87. The molecule has 1 heterocycles. The van der Waals surface area contributed by atoms with E-state index in [-0.39, 0.29) is 6.04 Å². The van der Waals surface area contributed by atoms with Crippen LogP contribution in [0, 0.1) is 0 Å². The van der Waals surface area contributed by atoms with Gasteiger partial charge in [0.05, 0.1) is 0 Å². The third-order valence-corrected chi connectivity index (χ3v) is 5.15. The highest BCUT2D eigenvalue weighted by Crippen LogP contribution is 2.23. The number of nitrogens with zero attached hydrogens (tertiary/aromatic N) is 1. The van der Waals surface area contributed by atoms with E-state index in [1.54, 1.807) is 0 Å². The van der Waals surface area contributed by atoms with Gasteiger partial charge in [-0.15, -0.1) is 0 Å². The zero-order chi connectivity index (χ0) is 12.5. The van der Waals surface area contributed by atoms with Crippen molar-refractivity contribution in [3.63, 3.8) is 0 Å². The second-order valence-electron chi connectivity index (χ2n) is 4.71. The molecule has 98 valence electrons. The molecule has 0 spiro atoms. The SMILES string of the molecule is O=C(O)C1CCCN1S(=O)(=O)NC1CCCC1. The van der Waals surface area contributed by atoms with Gasteiger partial charge in [-0.25, -0.2) is 0 Å². The van der Waals surface area contributed by atoms with Crippen molar-refractivity contribution in [3.05, 3.63) is 0 Å². The second-order valence-corrected chi connectivity index (χ2v) is 6.37. The van der Waals surface area contributed by atoms with Crippen LogP contribution in [-0.2, 0) is 15.0 Å². The Morgan fingerprint density at radius 1 is 1.18 bits per heavy atom. The molecular weight excluding hydrogens is 244 g/mol. The lowest BCUT2D eigenvalue weighted by Crippen LogP contribution is -2.48. The summed E-state index contributed by atoms with van der Waals surface area (Å²) in [5, 5.41) is 8.97. The van der Waals surface area contributed by atoms with Crippen LogP contribution in [0.3, 0.4) is 0 Å². The Labute approximate surface area is 101 Å². The molecule has 1 atom stereocenters. The Morgan fingerprint density at radius 2 is 1.82 bits per heavy atom. The summed E-state index contributed by atoms with van der Waals surface area (Å²) in [6.45, 7) is 0.305. The average molecular weight is 262 g/mol. The van der Waals surface area contributed by atoms with E-state index in [1.807, 2.05) is 0 Å². The van der Waals surface area contributed by atoms with Crippen molar-refractivity contribution in [2.45, 2.75) is 50.6 Å². The highest BCUT2D eigenvalue weighted by Gasteiger charge is 2.39. The van der Waals surface area contributed by atoms with Gasteiger partial charge in [-0.2, -0.15) is 17.4 Å². The Kier molecular flexibility index (Phi) is 3.70. The van der Waals surface area contributed by atoms with Gasteiger partial charge in [-0.3, -0.25) is 4.79 Å².